The molecule has 3 atom stereocenters. The van der Waals surface area contributed by atoms with Crippen LogP contribution in [0.2, 0.25) is 0 Å². The number of carboxylic acids is 1. The molecule has 2 fully saturated rings. The van der Waals surface area contributed by atoms with E-state index in [1.165, 1.54) is 44.7 Å². The Morgan fingerprint density at radius 3 is 2.85 bits per heavy atom. The van der Waals surface area contributed by atoms with Crippen molar-refractivity contribution in [3.05, 3.63) is 18.2 Å². The fraction of sp³-hybridized carbons (Fsp3) is 0.750. The average molecular weight is 276 g/mol. The van der Waals surface area contributed by atoms with Gasteiger partial charge in [0.15, 0.2) is 0 Å². The van der Waals surface area contributed by atoms with Crippen LogP contribution in [0.3, 0.4) is 0 Å². The zero-order valence-electron chi connectivity index (χ0n) is 12.4. The summed E-state index contributed by atoms with van der Waals surface area (Å²) in [5, 5.41) is 9.39. The second-order valence-corrected chi connectivity index (χ2v) is 7.17. The van der Waals surface area contributed by atoms with Crippen LogP contribution in [0.5, 0.6) is 0 Å². The fourth-order valence-electron chi connectivity index (χ4n) is 4.57. The monoisotopic (exact) mass is 276 g/mol. The Morgan fingerprint density at radius 2 is 2.10 bits per heavy atom. The lowest BCUT2D eigenvalue weighted by atomic mass is 9.59. The zero-order chi connectivity index (χ0) is 14.3. The smallest absolute Gasteiger partial charge is 0.354 e. The molecule has 20 heavy (non-hydrogen) atoms. The van der Waals surface area contributed by atoms with E-state index in [0.717, 1.165) is 5.92 Å². The van der Waals surface area contributed by atoms with Gasteiger partial charge in [-0.2, -0.15) is 0 Å². The topological polar surface area (TPSA) is 55.1 Å². The fourth-order valence-corrected chi connectivity index (χ4v) is 4.57. The van der Waals surface area contributed by atoms with Crippen LogP contribution in [-0.4, -0.2) is 20.6 Å². The Kier molecular flexibility index (Phi) is 3.35. The number of aromatic carboxylic acids is 1. The minimum atomic E-state index is -0.865. The van der Waals surface area contributed by atoms with Crippen LogP contribution in [-0.2, 0) is 0 Å². The van der Waals surface area contributed by atoms with Crippen LogP contribution in [0.15, 0.2) is 12.5 Å². The average Bonchev–Trinajstić information content (AvgIpc) is 2.86. The van der Waals surface area contributed by atoms with Crippen LogP contribution >= 0.6 is 0 Å². The largest absolute Gasteiger partial charge is 0.477 e. The molecule has 4 heteroatoms. The van der Waals surface area contributed by atoms with Crippen LogP contribution in [0, 0.1) is 17.3 Å². The first-order chi connectivity index (χ1) is 9.50. The molecule has 3 rings (SSSR count). The van der Waals surface area contributed by atoms with Gasteiger partial charge in [-0.25, -0.2) is 9.78 Å². The summed E-state index contributed by atoms with van der Waals surface area (Å²) in [4.78, 5) is 15.5. The highest BCUT2D eigenvalue weighted by molar-refractivity contribution is 5.85. The number of aromatic nitrogens is 2. The standard InChI is InChI=1S/C16H24N2O2/c1-16(2)8-7-11-5-3-4-6-12(11)14(16)18-10-17-9-13(18)15(19)20/h9-12,14H,3-8H2,1-2H3,(H,19,20). The lowest BCUT2D eigenvalue weighted by molar-refractivity contribution is 0.0103. The molecule has 4 nitrogen and oxygen atoms in total. The highest BCUT2D eigenvalue weighted by atomic mass is 16.4. The Hall–Kier alpha value is -1.32. The van der Waals surface area contributed by atoms with Crippen molar-refractivity contribution in [3.8, 4) is 0 Å². The normalized spacial score (nSPS) is 32.6. The first-order valence-corrected chi connectivity index (χ1v) is 7.76. The molecular formula is C16H24N2O2. The minimum Gasteiger partial charge on any atom is -0.477 e. The molecule has 0 amide bonds. The first kappa shape index (κ1) is 13.7. The van der Waals surface area contributed by atoms with Crippen molar-refractivity contribution < 1.29 is 9.90 Å². The van der Waals surface area contributed by atoms with Crippen LogP contribution in [0.4, 0.5) is 0 Å². The predicted octanol–water partition coefficient (Wildman–Crippen LogP) is 3.75. The van der Waals surface area contributed by atoms with Gasteiger partial charge < -0.3 is 9.67 Å². The third kappa shape index (κ3) is 2.15. The van der Waals surface area contributed by atoms with Crippen molar-refractivity contribution in [1.82, 2.24) is 9.55 Å². The van der Waals surface area contributed by atoms with Gasteiger partial charge in [-0.1, -0.05) is 33.1 Å². The number of rotatable bonds is 2. The van der Waals surface area contributed by atoms with Gasteiger partial charge in [0.2, 0.25) is 0 Å². The van der Waals surface area contributed by atoms with E-state index in [2.05, 4.69) is 18.8 Å². The molecule has 0 aliphatic heterocycles. The molecule has 3 unspecified atom stereocenters. The summed E-state index contributed by atoms with van der Waals surface area (Å²) in [6.45, 7) is 4.57. The second kappa shape index (κ2) is 4.90. The lowest BCUT2D eigenvalue weighted by Crippen LogP contribution is -2.43. The molecule has 2 aliphatic rings. The maximum Gasteiger partial charge on any atom is 0.354 e. The van der Waals surface area contributed by atoms with E-state index >= 15 is 0 Å². The molecule has 2 aliphatic carbocycles. The van der Waals surface area contributed by atoms with Crippen molar-refractivity contribution in [2.24, 2.45) is 17.3 Å². The molecule has 0 aromatic carbocycles. The van der Waals surface area contributed by atoms with Gasteiger partial charge in [-0.05, 0) is 36.5 Å². The van der Waals surface area contributed by atoms with E-state index in [1.54, 1.807) is 6.33 Å². The molecule has 0 spiro atoms. The summed E-state index contributed by atoms with van der Waals surface area (Å²) in [7, 11) is 0. The van der Waals surface area contributed by atoms with E-state index in [0.29, 0.717) is 11.6 Å². The van der Waals surface area contributed by atoms with E-state index < -0.39 is 5.97 Å². The van der Waals surface area contributed by atoms with E-state index in [9.17, 15) is 9.90 Å². The van der Waals surface area contributed by atoms with Crippen LogP contribution in [0.25, 0.3) is 0 Å². The third-order valence-electron chi connectivity index (χ3n) is 5.52. The number of imidazole rings is 1. The van der Waals surface area contributed by atoms with Gasteiger partial charge >= 0.3 is 5.97 Å². The summed E-state index contributed by atoms with van der Waals surface area (Å²) in [6, 6.07) is 0.273. The third-order valence-corrected chi connectivity index (χ3v) is 5.52. The van der Waals surface area contributed by atoms with Gasteiger partial charge in [-0.3, -0.25) is 0 Å². The number of carboxylic acid groups (broad SMARTS) is 1. The summed E-state index contributed by atoms with van der Waals surface area (Å²) >= 11 is 0. The molecule has 2 saturated carbocycles. The lowest BCUT2D eigenvalue weighted by Gasteiger charge is -2.50. The highest BCUT2D eigenvalue weighted by Crippen LogP contribution is 2.54. The summed E-state index contributed by atoms with van der Waals surface area (Å²) in [5.74, 6) is 0.516. The van der Waals surface area contributed by atoms with Crippen molar-refractivity contribution in [3.63, 3.8) is 0 Å². The number of nitrogens with zero attached hydrogens (tertiary/aromatic N) is 2. The Balaban J connectivity index is 2.01. The molecule has 0 saturated heterocycles. The van der Waals surface area contributed by atoms with Gasteiger partial charge in [0.1, 0.15) is 5.69 Å². The SMILES string of the molecule is CC1(C)CCC2CCCCC2C1n1cncc1C(=O)O. The van der Waals surface area contributed by atoms with E-state index in [-0.39, 0.29) is 11.5 Å². The Labute approximate surface area is 120 Å². The number of hydrogen-bond donors (Lipinski definition) is 1. The summed E-state index contributed by atoms with van der Waals surface area (Å²) in [5.41, 5.74) is 0.484. The van der Waals surface area contributed by atoms with Crippen molar-refractivity contribution >= 4 is 5.97 Å². The molecule has 1 N–H and O–H groups in total. The van der Waals surface area contributed by atoms with Gasteiger partial charge in [-0.15, -0.1) is 0 Å². The quantitative estimate of drug-likeness (QED) is 0.895. The number of hydrogen-bond acceptors (Lipinski definition) is 2. The Bertz CT molecular complexity index is 506. The van der Waals surface area contributed by atoms with Crippen molar-refractivity contribution in [1.29, 1.82) is 0 Å². The summed E-state index contributed by atoms with van der Waals surface area (Å²) < 4.78 is 1.95. The maximum atomic E-state index is 11.4. The zero-order valence-corrected chi connectivity index (χ0v) is 12.4. The van der Waals surface area contributed by atoms with Crippen LogP contribution in [0.1, 0.15) is 68.9 Å². The van der Waals surface area contributed by atoms with Crippen molar-refractivity contribution in [2.45, 2.75) is 58.4 Å². The Morgan fingerprint density at radius 1 is 1.35 bits per heavy atom. The second-order valence-electron chi connectivity index (χ2n) is 7.17. The molecule has 0 bridgehead atoms. The molecule has 0 radical (unpaired) electrons. The predicted molar refractivity (Wildman–Crippen MR) is 76.7 cm³/mol. The number of fused-ring (bicyclic) bond motifs is 1. The molecular weight excluding hydrogens is 252 g/mol. The minimum absolute atomic E-state index is 0.142. The number of carbonyl (C=O) groups is 1. The molecule has 1 heterocycles. The summed E-state index contributed by atoms with van der Waals surface area (Å²) in [6.07, 6.45) is 10.9. The maximum absolute atomic E-state index is 11.4. The van der Waals surface area contributed by atoms with Gasteiger partial charge in [0.05, 0.1) is 12.5 Å². The van der Waals surface area contributed by atoms with Gasteiger partial charge in [0.25, 0.3) is 0 Å². The highest BCUT2D eigenvalue weighted by Gasteiger charge is 2.46. The van der Waals surface area contributed by atoms with Crippen molar-refractivity contribution in [2.75, 3.05) is 0 Å². The molecule has 1 aromatic heterocycles. The first-order valence-electron chi connectivity index (χ1n) is 7.76. The van der Waals surface area contributed by atoms with E-state index in [1.807, 2.05) is 4.57 Å². The van der Waals surface area contributed by atoms with Gasteiger partial charge in [0, 0.05) is 6.04 Å². The molecule has 110 valence electrons. The van der Waals surface area contributed by atoms with Crippen LogP contribution < -0.4 is 0 Å². The van der Waals surface area contributed by atoms with E-state index in [4.69, 9.17) is 0 Å². The molecule has 1 aromatic rings.